The molecule has 114 valence electrons. The number of fused-ring (bicyclic) bond motifs is 1. The Morgan fingerprint density at radius 1 is 1.32 bits per heavy atom. The van der Waals surface area contributed by atoms with E-state index < -0.39 is 5.91 Å². The summed E-state index contributed by atoms with van der Waals surface area (Å²) in [7, 11) is 0. The molecule has 22 heavy (non-hydrogen) atoms. The third-order valence-electron chi connectivity index (χ3n) is 4.11. The van der Waals surface area contributed by atoms with Crippen LogP contribution in [-0.4, -0.2) is 17.4 Å². The minimum Gasteiger partial charge on any atom is -0.439 e. The second kappa shape index (κ2) is 6.15. The quantitative estimate of drug-likeness (QED) is 0.906. The van der Waals surface area contributed by atoms with E-state index in [4.69, 9.17) is 16.2 Å². The number of nitrogens with two attached hydrogens (primary N) is 2. The van der Waals surface area contributed by atoms with Crippen molar-refractivity contribution in [2.45, 2.75) is 25.2 Å². The molecular weight excluding hydrogens is 278 g/mol. The van der Waals surface area contributed by atoms with Crippen molar-refractivity contribution in [1.82, 2.24) is 4.98 Å². The van der Waals surface area contributed by atoms with E-state index in [1.54, 1.807) is 12.1 Å². The van der Waals surface area contributed by atoms with Crippen molar-refractivity contribution in [2.24, 2.45) is 11.5 Å². The number of primary amides is 1. The molecule has 0 saturated heterocycles. The zero-order valence-corrected chi connectivity index (χ0v) is 12.3. The number of carbonyl (C=O) groups is 1. The fourth-order valence-electron chi connectivity index (χ4n) is 2.95. The Hall–Kier alpha value is -2.40. The van der Waals surface area contributed by atoms with E-state index in [2.05, 4.69) is 11.1 Å². The first kappa shape index (κ1) is 14.5. The summed E-state index contributed by atoms with van der Waals surface area (Å²) in [5.41, 5.74) is 13.9. The molecular formula is C17H19N3O2. The van der Waals surface area contributed by atoms with E-state index in [0.717, 1.165) is 25.0 Å². The van der Waals surface area contributed by atoms with Crippen molar-refractivity contribution >= 4 is 5.91 Å². The summed E-state index contributed by atoms with van der Waals surface area (Å²) in [6.07, 6.45) is 4.65. The maximum absolute atomic E-state index is 11.1. The highest BCUT2D eigenvalue weighted by molar-refractivity contribution is 5.92. The van der Waals surface area contributed by atoms with E-state index >= 15 is 0 Å². The number of pyridine rings is 1. The average Bonchev–Trinajstić information content (AvgIpc) is 2.55. The van der Waals surface area contributed by atoms with Crippen molar-refractivity contribution in [3.8, 4) is 11.6 Å². The number of hydrogen-bond donors (Lipinski definition) is 2. The molecule has 0 radical (unpaired) electrons. The zero-order chi connectivity index (χ0) is 15.5. The molecule has 2 aromatic rings. The number of benzene rings is 1. The lowest BCUT2D eigenvalue weighted by molar-refractivity contribution is 0.1000. The summed E-state index contributed by atoms with van der Waals surface area (Å²) < 4.78 is 5.90. The second-order valence-corrected chi connectivity index (χ2v) is 5.50. The normalized spacial score (nSPS) is 16.9. The van der Waals surface area contributed by atoms with Gasteiger partial charge in [-0.1, -0.05) is 12.1 Å². The Kier molecular flexibility index (Phi) is 4.06. The van der Waals surface area contributed by atoms with Crippen LogP contribution >= 0.6 is 0 Å². The van der Waals surface area contributed by atoms with Crippen LogP contribution in [0.25, 0.3) is 0 Å². The van der Waals surface area contributed by atoms with Crippen LogP contribution in [0.3, 0.4) is 0 Å². The van der Waals surface area contributed by atoms with Crippen LogP contribution in [0.2, 0.25) is 0 Å². The molecule has 5 heteroatoms. The van der Waals surface area contributed by atoms with Crippen LogP contribution in [0, 0.1) is 0 Å². The summed E-state index contributed by atoms with van der Waals surface area (Å²) in [4.78, 5) is 15.2. The number of ether oxygens (including phenoxy) is 1. The van der Waals surface area contributed by atoms with Gasteiger partial charge in [-0.3, -0.25) is 4.79 Å². The predicted molar refractivity (Wildman–Crippen MR) is 84.0 cm³/mol. The highest BCUT2D eigenvalue weighted by atomic mass is 16.5. The molecule has 1 aromatic carbocycles. The molecule has 0 fully saturated rings. The zero-order valence-electron chi connectivity index (χ0n) is 12.3. The van der Waals surface area contributed by atoms with Crippen molar-refractivity contribution < 1.29 is 9.53 Å². The van der Waals surface area contributed by atoms with Gasteiger partial charge >= 0.3 is 0 Å². The van der Waals surface area contributed by atoms with Gasteiger partial charge in [-0.15, -0.1) is 0 Å². The minimum absolute atomic E-state index is 0.366. The number of aromatic nitrogens is 1. The van der Waals surface area contributed by atoms with Crippen molar-refractivity contribution in [1.29, 1.82) is 0 Å². The van der Waals surface area contributed by atoms with Crippen LogP contribution in [-0.2, 0) is 6.42 Å². The van der Waals surface area contributed by atoms with Gasteiger partial charge in [0.1, 0.15) is 5.75 Å². The molecule has 1 aromatic heterocycles. The third-order valence-corrected chi connectivity index (χ3v) is 4.11. The Bertz CT molecular complexity index is 683. The first-order chi connectivity index (χ1) is 10.7. The molecule has 1 heterocycles. The minimum atomic E-state index is -0.498. The van der Waals surface area contributed by atoms with Gasteiger partial charge in [0.2, 0.25) is 11.8 Å². The lowest BCUT2D eigenvalue weighted by atomic mass is 9.82. The van der Waals surface area contributed by atoms with Crippen LogP contribution < -0.4 is 16.2 Å². The number of nitrogens with zero attached hydrogens (tertiary/aromatic N) is 1. The summed E-state index contributed by atoms with van der Waals surface area (Å²) in [6.45, 7) is 0.655. The monoisotopic (exact) mass is 297 g/mol. The van der Waals surface area contributed by atoms with Crippen LogP contribution in [0.4, 0.5) is 0 Å². The molecule has 1 aliphatic carbocycles. The van der Waals surface area contributed by atoms with E-state index in [0.29, 0.717) is 23.9 Å². The molecule has 0 saturated carbocycles. The van der Waals surface area contributed by atoms with E-state index in [-0.39, 0.29) is 0 Å². The standard InChI is InChI=1S/C17H19N3O2/c18-9-11-3-1-5-14-13(11)4-2-6-15(14)22-16-8-7-12(10-20-16)17(19)21/h2,4,6-8,10-11H,1,3,5,9,18H2,(H2,19,21). The largest absolute Gasteiger partial charge is 0.439 e. The number of amides is 1. The smallest absolute Gasteiger partial charge is 0.250 e. The van der Waals surface area contributed by atoms with Crippen LogP contribution in [0.1, 0.15) is 40.2 Å². The van der Waals surface area contributed by atoms with Crippen LogP contribution in [0.5, 0.6) is 11.6 Å². The Balaban J connectivity index is 1.88. The molecule has 1 aliphatic rings. The first-order valence-corrected chi connectivity index (χ1v) is 7.44. The van der Waals surface area contributed by atoms with Gasteiger partial charge < -0.3 is 16.2 Å². The average molecular weight is 297 g/mol. The molecule has 4 N–H and O–H groups in total. The molecule has 5 nitrogen and oxygen atoms in total. The van der Waals surface area contributed by atoms with Crippen LogP contribution in [0.15, 0.2) is 36.5 Å². The lowest BCUT2D eigenvalue weighted by Gasteiger charge is -2.26. The van der Waals surface area contributed by atoms with Gasteiger partial charge in [-0.2, -0.15) is 0 Å². The molecule has 1 amide bonds. The van der Waals surface area contributed by atoms with Gasteiger partial charge in [0.25, 0.3) is 0 Å². The number of hydrogen-bond acceptors (Lipinski definition) is 4. The lowest BCUT2D eigenvalue weighted by Crippen LogP contribution is -2.18. The first-order valence-electron chi connectivity index (χ1n) is 7.44. The summed E-state index contributed by atoms with van der Waals surface area (Å²) in [5.74, 6) is 1.17. The molecule has 0 spiro atoms. The number of carbonyl (C=O) groups excluding carboxylic acids is 1. The predicted octanol–water partition coefficient (Wildman–Crippen LogP) is 2.35. The fourth-order valence-corrected chi connectivity index (χ4v) is 2.95. The molecule has 0 bridgehead atoms. The SMILES string of the molecule is NCC1CCCc2c(Oc3ccc(C(N)=O)cn3)cccc21. The topological polar surface area (TPSA) is 91.2 Å². The molecule has 0 aliphatic heterocycles. The second-order valence-electron chi connectivity index (χ2n) is 5.50. The Morgan fingerprint density at radius 3 is 2.86 bits per heavy atom. The maximum Gasteiger partial charge on any atom is 0.250 e. The van der Waals surface area contributed by atoms with E-state index in [1.165, 1.54) is 17.3 Å². The van der Waals surface area contributed by atoms with E-state index in [1.807, 2.05) is 12.1 Å². The van der Waals surface area contributed by atoms with Gasteiger partial charge in [0.05, 0.1) is 5.56 Å². The molecule has 1 unspecified atom stereocenters. The number of rotatable bonds is 4. The highest BCUT2D eigenvalue weighted by Crippen LogP contribution is 2.37. The Morgan fingerprint density at radius 2 is 2.18 bits per heavy atom. The summed E-state index contributed by atoms with van der Waals surface area (Å²) in [6, 6.07) is 9.33. The fraction of sp³-hybridized carbons (Fsp3) is 0.294. The summed E-state index contributed by atoms with van der Waals surface area (Å²) >= 11 is 0. The van der Waals surface area contributed by atoms with Crippen molar-refractivity contribution in [2.75, 3.05) is 6.54 Å². The Labute approximate surface area is 129 Å². The van der Waals surface area contributed by atoms with Gasteiger partial charge in [0.15, 0.2) is 0 Å². The van der Waals surface area contributed by atoms with Gasteiger partial charge in [-0.05, 0) is 55.0 Å². The maximum atomic E-state index is 11.1. The highest BCUT2D eigenvalue weighted by Gasteiger charge is 2.22. The molecule has 1 atom stereocenters. The molecule has 3 rings (SSSR count). The van der Waals surface area contributed by atoms with Crippen molar-refractivity contribution in [3.63, 3.8) is 0 Å². The van der Waals surface area contributed by atoms with Gasteiger partial charge in [-0.25, -0.2) is 4.98 Å². The third kappa shape index (κ3) is 2.80. The van der Waals surface area contributed by atoms with Gasteiger partial charge in [0, 0.05) is 12.3 Å². The van der Waals surface area contributed by atoms with E-state index in [9.17, 15) is 4.79 Å². The van der Waals surface area contributed by atoms with Crippen molar-refractivity contribution in [3.05, 3.63) is 53.2 Å². The summed E-state index contributed by atoms with van der Waals surface area (Å²) in [5, 5.41) is 0.